The summed E-state index contributed by atoms with van der Waals surface area (Å²) in [5.41, 5.74) is 6.72. The Labute approximate surface area is 136 Å². The van der Waals surface area contributed by atoms with Crippen LogP contribution in [0.5, 0.6) is 0 Å². The highest BCUT2D eigenvalue weighted by Gasteiger charge is 2.24. The van der Waals surface area contributed by atoms with Gasteiger partial charge in [-0.1, -0.05) is 12.1 Å². The molecule has 22 heavy (non-hydrogen) atoms. The van der Waals surface area contributed by atoms with E-state index in [0.717, 1.165) is 30.6 Å². The summed E-state index contributed by atoms with van der Waals surface area (Å²) in [5.74, 6) is 0.142. The van der Waals surface area contributed by atoms with Crippen LogP contribution in [0.4, 0.5) is 10.5 Å². The molecule has 0 aromatic heterocycles. The number of hydrogen-bond acceptors (Lipinski definition) is 3. The van der Waals surface area contributed by atoms with Gasteiger partial charge in [-0.3, -0.25) is 4.79 Å². The summed E-state index contributed by atoms with van der Waals surface area (Å²) < 4.78 is 0. The number of primary amides is 1. The van der Waals surface area contributed by atoms with Crippen molar-refractivity contribution in [1.82, 2.24) is 10.6 Å². The van der Waals surface area contributed by atoms with E-state index in [-0.39, 0.29) is 24.2 Å². The van der Waals surface area contributed by atoms with Crippen LogP contribution in [0.15, 0.2) is 24.3 Å². The lowest BCUT2D eigenvalue weighted by molar-refractivity contribution is -0.120. The molecular formula is C15H23ClN4O2. The SMILES string of the molecule is C[C@H]1C[C@@H](C(=O)Nc2ccc(CNC(N)=O)cc2)CCN1.Cl. The van der Waals surface area contributed by atoms with Gasteiger partial charge in [-0.2, -0.15) is 0 Å². The highest BCUT2D eigenvalue weighted by atomic mass is 35.5. The maximum absolute atomic E-state index is 12.2. The third-order valence-electron chi connectivity index (χ3n) is 3.68. The Morgan fingerprint density at radius 3 is 2.59 bits per heavy atom. The number of rotatable bonds is 4. The average Bonchev–Trinajstić information content (AvgIpc) is 2.46. The Hall–Kier alpha value is -1.79. The third-order valence-corrected chi connectivity index (χ3v) is 3.68. The van der Waals surface area contributed by atoms with Gasteiger partial charge in [0, 0.05) is 24.2 Å². The summed E-state index contributed by atoms with van der Waals surface area (Å²) in [6, 6.07) is 7.22. The molecule has 1 aliphatic rings. The van der Waals surface area contributed by atoms with Gasteiger partial charge >= 0.3 is 6.03 Å². The molecule has 2 rings (SSSR count). The van der Waals surface area contributed by atoms with Gasteiger partial charge < -0.3 is 21.7 Å². The zero-order valence-electron chi connectivity index (χ0n) is 12.6. The van der Waals surface area contributed by atoms with Crippen LogP contribution >= 0.6 is 12.4 Å². The van der Waals surface area contributed by atoms with Crippen LogP contribution in [0, 0.1) is 5.92 Å². The Balaban J connectivity index is 0.00000242. The molecule has 1 aliphatic heterocycles. The molecule has 3 amide bonds. The summed E-state index contributed by atoms with van der Waals surface area (Å²) in [4.78, 5) is 22.8. The number of carbonyl (C=O) groups is 2. The molecule has 2 atom stereocenters. The van der Waals surface area contributed by atoms with Crippen LogP contribution in [-0.2, 0) is 11.3 Å². The van der Waals surface area contributed by atoms with Crippen molar-refractivity contribution in [2.45, 2.75) is 32.4 Å². The molecule has 7 heteroatoms. The normalized spacial score (nSPS) is 20.6. The summed E-state index contributed by atoms with van der Waals surface area (Å²) in [7, 11) is 0. The summed E-state index contributed by atoms with van der Waals surface area (Å²) >= 11 is 0. The molecular weight excluding hydrogens is 304 g/mol. The van der Waals surface area contributed by atoms with Crippen molar-refractivity contribution in [3.05, 3.63) is 29.8 Å². The molecule has 1 heterocycles. The second-order valence-electron chi connectivity index (χ2n) is 5.48. The van der Waals surface area contributed by atoms with E-state index in [1.54, 1.807) is 0 Å². The van der Waals surface area contributed by atoms with Gasteiger partial charge in [-0.05, 0) is 44.0 Å². The minimum absolute atomic E-state index is 0. The monoisotopic (exact) mass is 326 g/mol. The first-order valence-electron chi connectivity index (χ1n) is 7.21. The molecule has 1 fully saturated rings. The number of hydrogen-bond donors (Lipinski definition) is 4. The fourth-order valence-electron chi connectivity index (χ4n) is 2.51. The largest absolute Gasteiger partial charge is 0.352 e. The molecule has 5 N–H and O–H groups in total. The maximum atomic E-state index is 12.2. The van der Waals surface area contributed by atoms with E-state index in [0.29, 0.717) is 12.6 Å². The predicted molar refractivity (Wildman–Crippen MR) is 88.9 cm³/mol. The Morgan fingerprint density at radius 1 is 1.32 bits per heavy atom. The number of urea groups is 1. The number of benzene rings is 1. The number of anilines is 1. The number of nitrogens with two attached hydrogens (primary N) is 1. The average molecular weight is 327 g/mol. The fourth-order valence-corrected chi connectivity index (χ4v) is 2.51. The smallest absolute Gasteiger partial charge is 0.312 e. The fraction of sp³-hybridized carbons (Fsp3) is 0.467. The van der Waals surface area contributed by atoms with Gasteiger partial charge in [0.15, 0.2) is 0 Å². The van der Waals surface area contributed by atoms with Crippen molar-refractivity contribution in [1.29, 1.82) is 0 Å². The second kappa shape index (κ2) is 8.60. The van der Waals surface area contributed by atoms with Crippen molar-refractivity contribution in [3.8, 4) is 0 Å². The molecule has 1 aromatic rings. The lowest BCUT2D eigenvalue weighted by atomic mass is 9.92. The Bertz CT molecular complexity index is 507. The number of piperidine rings is 1. The summed E-state index contributed by atoms with van der Waals surface area (Å²) in [5, 5.41) is 8.81. The first-order valence-corrected chi connectivity index (χ1v) is 7.21. The predicted octanol–water partition coefficient (Wildman–Crippen LogP) is 1.60. The van der Waals surface area contributed by atoms with Crippen LogP contribution in [0.2, 0.25) is 0 Å². The van der Waals surface area contributed by atoms with E-state index >= 15 is 0 Å². The number of amides is 3. The molecule has 0 saturated carbocycles. The molecule has 0 aliphatic carbocycles. The van der Waals surface area contributed by atoms with Crippen LogP contribution in [0.1, 0.15) is 25.3 Å². The van der Waals surface area contributed by atoms with E-state index < -0.39 is 6.03 Å². The van der Waals surface area contributed by atoms with Crippen molar-refractivity contribution in [3.63, 3.8) is 0 Å². The van der Waals surface area contributed by atoms with Gasteiger partial charge in [-0.15, -0.1) is 12.4 Å². The standard InChI is InChI=1S/C15H22N4O2.ClH/c1-10-8-12(6-7-17-10)14(20)19-13-4-2-11(3-5-13)9-18-15(16)21;/h2-5,10,12,17H,6-9H2,1H3,(H,19,20)(H3,16,18,21);1H/t10-,12-;/m0./s1. The Morgan fingerprint density at radius 2 is 2.00 bits per heavy atom. The molecule has 1 aromatic carbocycles. The highest BCUT2D eigenvalue weighted by Crippen LogP contribution is 2.19. The third kappa shape index (κ3) is 5.54. The molecule has 0 unspecified atom stereocenters. The van der Waals surface area contributed by atoms with Gasteiger partial charge in [-0.25, -0.2) is 4.79 Å². The maximum Gasteiger partial charge on any atom is 0.312 e. The van der Waals surface area contributed by atoms with E-state index in [4.69, 9.17) is 5.73 Å². The zero-order valence-corrected chi connectivity index (χ0v) is 13.4. The van der Waals surface area contributed by atoms with Crippen LogP contribution in [-0.4, -0.2) is 24.5 Å². The highest BCUT2D eigenvalue weighted by molar-refractivity contribution is 5.92. The van der Waals surface area contributed by atoms with Crippen molar-refractivity contribution in [2.24, 2.45) is 11.7 Å². The number of nitrogens with one attached hydrogen (secondary N) is 3. The van der Waals surface area contributed by atoms with Crippen LogP contribution < -0.4 is 21.7 Å². The zero-order chi connectivity index (χ0) is 15.2. The second-order valence-corrected chi connectivity index (χ2v) is 5.48. The molecule has 0 spiro atoms. The molecule has 0 radical (unpaired) electrons. The van der Waals surface area contributed by atoms with Gasteiger partial charge in [0.25, 0.3) is 0 Å². The topological polar surface area (TPSA) is 96.2 Å². The molecule has 1 saturated heterocycles. The first-order chi connectivity index (χ1) is 10.0. The van der Waals surface area contributed by atoms with Crippen molar-refractivity contribution < 1.29 is 9.59 Å². The van der Waals surface area contributed by atoms with Gasteiger partial charge in [0.2, 0.25) is 5.91 Å². The van der Waals surface area contributed by atoms with Crippen LogP contribution in [0.3, 0.4) is 0 Å². The van der Waals surface area contributed by atoms with Crippen LogP contribution in [0.25, 0.3) is 0 Å². The van der Waals surface area contributed by atoms with E-state index in [1.165, 1.54) is 0 Å². The first kappa shape index (κ1) is 18.3. The minimum atomic E-state index is -0.549. The van der Waals surface area contributed by atoms with E-state index in [1.807, 2.05) is 24.3 Å². The molecule has 0 bridgehead atoms. The van der Waals surface area contributed by atoms with Gasteiger partial charge in [0.1, 0.15) is 0 Å². The molecule has 122 valence electrons. The number of halogens is 1. The van der Waals surface area contributed by atoms with Gasteiger partial charge in [0.05, 0.1) is 0 Å². The molecule has 6 nitrogen and oxygen atoms in total. The van der Waals surface area contributed by atoms with E-state index in [2.05, 4.69) is 22.9 Å². The summed E-state index contributed by atoms with van der Waals surface area (Å²) in [6.45, 7) is 3.37. The lowest BCUT2D eigenvalue weighted by Crippen LogP contribution is -2.40. The minimum Gasteiger partial charge on any atom is -0.352 e. The van der Waals surface area contributed by atoms with Crippen molar-refractivity contribution >= 4 is 30.0 Å². The Kier molecular flexibility index (Phi) is 7.14. The number of carbonyl (C=O) groups excluding carboxylic acids is 2. The van der Waals surface area contributed by atoms with E-state index in [9.17, 15) is 9.59 Å². The quantitative estimate of drug-likeness (QED) is 0.676. The lowest BCUT2D eigenvalue weighted by Gasteiger charge is -2.27. The van der Waals surface area contributed by atoms with Crippen molar-refractivity contribution in [2.75, 3.05) is 11.9 Å². The summed E-state index contributed by atoms with van der Waals surface area (Å²) in [6.07, 6.45) is 1.74.